The van der Waals surface area contributed by atoms with Crippen molar-refractivity contribution in [1.29, 1.82) is 0 Å². The third-order valence-corrected chi connectivity index (χ3v) is 6.78. The van der Waals surface area contributed by atoms with E-state index in [1.54, 1.807) is 0 Å². The molecule has 5 heteroatoms. The van der Waals surface area contributed by atoms with Crippen molar-refractivity contribution in [2.75, 3.05) is 14.1 Å². The van der Waals surface area contributed by atoms with Gasteiger partial charge in [0.25, 0.3) is 0 Å². The Morgan fingerprint density at radius 3 is 1.73 bits per heavy atom. The number of aliphatic carboxylic acids is 2. The van der Waals surface area contributed by atoms with Gasteiger partial charge in [-0.1, -0.05) is 66.7 Å². The Kier molecular flexibility index (Phi) is 4.94. The zero-order valence-corrected chi connectivity index (χ0v) is 18.7. The summed E-state index contributed by atoms with van der Waals surface area (Å²) in [7, 11) is 4.36. The smallest absolute Gasteiger partial charge is 0.333 e. The van der Waals surface area contributed by atoms with Crippen LogP contribution in [-0.2, 0) is 22.7 Å². The molecule has 2 unspecified atom stereocenters. The van der Waals surface area contributed by atoms with Crippen molar-refractivity contribution in [3.63, 3.8) is 0 Å². The molecule has 0 saturated carbocycles. The van der Waals surface area contributed by atoms with Gasteiger partial charge in [0.15, 0.2) is 0 Å². The molecule has 3 aromatic carbocycles. The minimum absolute atomic E-state index is 0.00566. The molecular weight excluding hydrogens is 414 g/mol. The Morgan fingerprint density at radius 2 is 1.15 bits per heavy atom. The van der Waals surface area contributed by atoms with Gasteiger partial charge in [0.05, 0.1) is 25.2 Å². The van der Waals surface area contributed by atoms with Crippen LogP contribution in [0.3, 0.4) is 0 Å². The second kappa shape index (κ2) is 7.71. The van der Waals surface area contributed by atoms with E-state index in [9.17, 15) is 19.8 Å². The second-order valence-corrected chi connectivity index (χ2v) is 9.63. The third kappa shape index (κ3) is 3.55. The molecule has 0 spiro atoms. The summed E-state index contributed by atoms with van der Waals surface area (Å²) in [5.74, 6) is -3.46. The maximum Gasteiger partial charge on any atom is 0.333 e. The molecule has 0 aromatic heterocycles. The predicted octanol–water partition coefficient (Wildman–Crippen LogP) is 4.52. The molecule has 3 aromatic rings. The first-order valence-electron chi connectivity index (χ1n) is 11.0. The average molecular weight is 441 g/mol. The normalized spacial score (nSPS) is 18.6. The molecule has 0 heterocycles. The van der Waals surface area contributed by atoms with Crippen molar-refractivity contribution >= 4 is 11.9 Å². The van der Waals surface area contributed by atoms with Gasteiger partial charge in [-0.3, -0.25) is 0 Å². The average Bonchev–Trinajstić information content (AvgIpc) is 2.78. The van der Waals surface area contributed by atoms with Crippen LogP contribution in [0, 0.1) is 0 Å². The number of carboxylic acids is 2. The van der Waals surface area contributed by atoms with Crippen LogP contribution in [0.1, 0.15) is 45.2 Å². The molecule has 166 valence electrons. The molecule has 5 nitrogen and oxygen atoms in total. The molecular formula is C28H26NO4+. The summed E-state index contributed by atoms with van der Waals surface area (Å²) in [6.45, 7) is 1.65. The fraction of sp³-hybridized carbons (Fsp3) is 0.214. The van der Waals surface area contributed by atoms with E-state index in [1.807, 2.05) is 48.5 Å². The van der Waals surface area contributed by atoms with Gasteiger partial charge in [-0.2, -0.15) is 0 Å². The molecule has 0 fully saturated rings. The summed E-state index contributed by atoms with van der Waals surface area (Å²) in [4.78, 5) is 24.5. The molecule has 0 aliphatic heterocycles. The first-order valence-corrected chi connectivity index (χ1v) is 11.0. The van der Waals surface area contributed by atoms with Gasteiger partial charge >= 0.3 is 11.9 Å². The number of benzene rings is 3. The van der Waals surface area contributed by atoms with Gasteiger partial charge in [0, 0.05) is 23.0 Å². The second-order valence-electron chi connectivity index (χ2n) is 9.63. The molecule has 6 rings (SSSR count). The van der Waals surface area contributed by atoms with Gasteiger partial charge in [-0.15, -0.1) is 0 Å². The van der Waals surface area contributed by atoms with E-state index in [0.29, 0.717) is 0 Å². The Balaban J connectivity index is 1.58. The number of carboxylic acid groups (broad SMARTS) is 2. The highest BCUT2D eigenvalue weighted by atomic mass is 16.4. The quantitative estimate of drug-likeness (QED) is 0.553. The van der Waals surface area contributed by atoms with Gasteiger partial charge < -0.3 is 14.7 Å². The van der Waals surface area contributed by atoms with E-state index in [2.05, 4.69) is 38.4 Å². The highest BCUT2D eigenvalue weighted by Crippen LogP contribution is 2.55. The maximum absolute atomic E-state index is 12.3. The number of carbonyl (C=O) groups is 2. The van der Waals surface area contributed by atoms with Crippen LogP contribution in [0.2, 0.25) is 0 Å². The summed E-state index contributed by atoms with van der Waals surface area (Å²) >= 11 is 0. The number of nitrogens with zero attached hydrogens (tertiary/aromatic N) is 1. The minimum Gasteiger partial charge on any atom is -0.478 e. The summed E-state index contributed by atoms with van der Waals surface area (Å²) < 4.78 is 0.746. The predicted molar refractivity (Wildman–Crippen MR) is 125 cm³/mol. The van der Waals surface area contributed by atoms with Gasteiger partial charge in [0.2, 0.25) is 0 Å². The molecule has 0 radical (unpaired) electrons. The lowest BCUT2D eigenvalue weighted by Gasteiger charge is -2.41. The van der Waals surface area contributed by atoms with Crippen molar-refractivity contribution < 1.29 is 24.3 Å². The van der Waals surface area contributed by atoms with Crippen molar-refractivity contribution in [2.24, 2.45) is 0 Å². The lowest BCUT2D eigenvalue weighted by molar-refractivity contribution is -0.916. The number of quaternary nitrogens is 1. The Bertz CT molecular complexity index is 1310. The standard InChI is InChI=1S/C28H25NO4/c1-29(2,15-17-8-4-3-5-9-17)16-18-12-13-21-22(14-18)24-20-11-7-6-10-19(20)23(21)25(27(30)31)26(24)28(32)33/h3-14,23-24H,15-16H2,1-2H3,(H-,30,31,32,33)/p+1. The van der Waals surface area contributed by atoms with Crippen LogP contribution in [0.25, 0.3) is 0 Å². The lowest BCUT2D eigenvalue weighted by atomic mass is 9.60. The van der Waals surface area contributed by atoms with Gasteiger partial charge in [-0.05, 0) is 28.3 Å². The number of hydrogen-bond donors (Lipinski definition) is 2. The number of rotatable bonds is 6. The van der Waals surface area contributed by atoms with E-state index in [0.717, 1.165) is 45.4 Å². The Labute approximate surface area is 192 Å². The SMILES string of the molecule is C[N+](C)(Cc1ccccc1)Cc1ccc2c(c1)C1C(C(=O)O)=C(C(=O)O)C2c2ccccc21. The topological polar surface area (TPSA) is 74.6 Å². The van der Waals surface area contributed by atoms with Crippen LogP contribution in [0.15, 0.2) is 83.9 Å². The van der Waals surface area contributed by atoms with E-state index < -0.39 is 23.8 Å². The summed E-state index contributed by atoms with van der Waals surface area (Å²) in [6, 6.07) is 24.1. The third-order valence-electron chi connectivity index (χ3n) is 6.78. The summed E-state index contributed by atoms with van der Waals surface area (Å²) in [6.07, 6.45) is 0. The largest absolute Gasteiger partial charge is 0.478 e. The fourth-order valence-corrected chi connectivity index (χ4v) is 5.65. The molecule has 2 atom stereocenters. The van der Waals surface area contributed by atoms with Crippen molar-refractivity contribution in [1.82, 2.24) is 0 Å². The van der Waals surface area contributed by atoms with Crippen molar-refractivity contribution in [2.45, 2.75) is 24.9 Å². The summed E-state index contributed by atoms with van der Waals surface area (Å²) in [5, 5.41) is 20.0. The van der Waals surface area contributed by atoms with Gasteiger partial charge in [0.1, 0.15) is 13.1 Å². The van der Waals surface area contributed by atoms with E-state index in [1.165, 1.54) is 5.56 Å². The highest BCUT2D eigenvalue weighted by molar-refractivity contribution is 6.04. The molecule has 0 amide bonds. The van der Waals surface area contributed by atoms with E-state index in [-0.39, 0.29) is 11.1 Å². The van der Waals surface area contributed by atoms with Crippen LogP contribution in [0.4, 0.5) is 0 Å². The van der Waals surface area contributed by atoms with Crippen molar-refractivity contribution in [3.8, 4) is 0 Å². The van der Waals surface area contributed by atoms with E-state index >= 15 is 0 Å². The van der Waals surface area contributed by atoms with Crippen LogP contribution >= 0.6 is 0 Å². The first-order chi connectivity index (χ1) is 15.8. The van der Waals surface area contributed by atoms with E-state index in [4.69, 9.17) is 0 Å². The first kappa shape index (κ1) is 21.2. The molecule has 33 heavy (non-hydrogen) atoms. The molecule has 3 aliphatic carbocycles. The maximum atomic E-state index is 12.3. The molecule has 0 saturated heterocycles. The fourth-order valence-electron chi connectivity index (χ4n) is 5.65. The lowest BCUT2D eigenvalue weighted by Crippen LogP contribution is -2.38. The van der Waals surface area contributed by atoms with Gasteiger partial charge in [-0.25, -0.2) is 9.59 Å². The molecule has 2 bridgehead atoms. The Morgan fingerprint density at radius 1 is 0.667 bits per heavy atom. The number of hydrogen-bond acceptors (Lipinski definition) is 2. The van der Waals surface area contributed by atoms with Crippen LogP contribution in [0.5, 0.6) is 0 Å². The zero-order chi connectivity index (χ0) is 23.3. The Hall–Kier alpha value is -3.70. The monoisotopic (exact) mass is 440 g/mol. The van der Waals surface area contributed by atoms with Crippen molar-refractivity contribution in [3.05, 3.63) is 117 Å². The minimum atomic E-state index is -1.16. The molecule has 3 aliphatic rings. The van der Waals surface area contributed by atoms with Crippen LogP contribution in [-0.4, -0.2) is 40.7 Å². The highest BCUT2D eigenvalue weighted by Gasteiger charge is 2.47. The summed E-state index contributed by atoms with van der Waals surface area (Å²) in [5.41, 5.74) is 5.96. The zero-order valence-electron chi connectivity index (χ0n) is 18.7. The van der Waals surface area contributed by atoms with Crippen LogP contribution < -0.4 is 0 Å². The molecule has 2 N–H and O–H groups in total.